The minimum absolute atomic E-state index is 0.00948. The predicted octanol–water partition coefficient (Wildman–Crippen LogP) is 0.936. The summed E-state index contributed by atoms with van der Waals surface area (Å²) in [5.74, 6) is -0.213. The van der Waals surface area contributed by atoms with Crippen LogP contribution in [-0.2, 0) is 4.79 Å². The van der Waals surface area contributed by atoms with E-state index in [1.54, 1.807) is 0 Å². The number of nitrogens with two attached hydrogens (primary N) is 1. The normalized spacial score (nSPS) is 24.2. The number of primary amides is 1. The van der Waals surface area contributed by atoms with Gasteiger partial charge >= 0.3 is 0 Å². The number of nitrogens with zero attached hydrogens (tertiary/aromatic N) is 1. The van der Waals surface area contributed by atoms with E-state index in [9.17, 15) is 4.79 Å². The van der Waals surface area contributed by atoms with E-state index in [-0.39, 0.29) is 11.8 Å². The minimum atomic E-state index is -0.204. The second-order valence-electron chi connectivity index (χ2n) is 3.49. The highest BCUT2D eigenvalue weighted by atomic mass is 35.5. The molecule has 1 heterocycles. The van der Waals surface area contributed by atoms with Crippen LogP contribution in [0, 0.1) is 5.92 Å². The van der Waals surface area contributed by atoms with Crippen LogP contribution in [0.15, 0.2) is 11.6 Å². The number of carbonyl (C=O) groups is 1. The number of rotatable bonds is 3. The Kier molecular flexibility index (Phi) is 3.75. The first kappa shape index (κ1) is 10.5. The monoisotopic (exact) mass is 202 g/mol. The second-order valence-corrected chi connectivity index (χ2v) is 4.03. The Hall–Kier alpha value is -0.540. The quantitative estimate of drug-likeness (QED) is 0.741. The van der Waals surface area contributed by atoms with Crippen LogP contribution in [0.2, 0.25) is 0 Å². The van der Waals surface area contributed by atoms with Crippen molar-refractivity contribution in [1.82, 2.24) is 4.90 Å². The molecule has 0 spiro atoms. The number of halogens is 1. The molecule has 0 aliphatic carbocycles. The van der Waals surface area contributed by atoms with Gasteiger partial charge in [0.15, 0.2) is 0 Å². The Morgan fingerprint density at radius 2 is 2.38 bits per heavy atom. The molecule has 1 amide bonds. The smallest absolute Gasteiger partial charge is 0.221 e. The third-order valence-electron chi connectivity index (χ3n) is 2.30. The highest BCUT2D eigenvalue weighted by Crippen LogP contribution is 2.17. The van der Waals surface area contributed by atoms with E-state index in [1.165, 1.54) is 0 Å². The van der Waals surface area contributed by atoms with Crippen LogP contribution in [0.5, 0.6) is 0 Å². The lowest BCUT2D eigenvalue weighted by Crippen LogP contribution is -2.41. The molecule has 0 bridgehead atoms. The van der Waals surface area contributed by atoms with Gasteiger partial charge in [-0.05, 0) is 19.4 Å². The number of amides is 1. The van der Waals surface area contributed by atoms with Crippen LogP contribution in [0.3, 0.4) is 0 Å². The Labute approximate surface area is 83.5 Å². The van der Waals surface area contributed by atoms with Gasteiger partial charge in [-0.1, -0.05) is 18.2 Å². The molecule has 0 radical (unpaired) electrons. The zero-order chi connectivity index (χ0) is 9.84. The average Bonchev–Trinajstić information content (AvgIpc) is 2.03. The zero-order valence-electron chi connectivity index (χ0n) is 7.63. The van der Waals surface area contributed by atoms with E-state index in [2.05, 4.69) is 11.5 Å². The maximum absolute atomic E-state index is 10.9. The molecule has 13 heavy (non-hydrogen) atoms. The van der Waals surface area contributed by atoms with E-state index >= 15 is 0 Å². The van der Waals surface area contributed by atoms with Crippen LogP contribution in [0.1, 0.15) is 12.8 Å². The highest BCUT2D eigenvalue weighted by molar-refractivity contribution is 6.29. The Morgan fingerprint density at radius 3 is 2.92 bits per heavy atom. The van der Waals surface area contributed by atoms with Crippen molar-refractivity contribution >= 4 is 17.5 Å². The third-order valence-corrected chi connectivity index (χ3v) is 2.42. The van der Waals surface area contributed by atoms with Crippen LogP contribution >= 0.6 is 11.6 Å². The highest BCUT2D eigenvalue weighted by Gasteiger charge is 2.23. The molecule has 1 aliphatic heterocycles. The molecule has 1 atom stereocenters. The molecule has 1 fully saturated rings. The number of hydrogen-bond donors (Lipinski definition) is 1. The van der Waals surface area contributed by atoms with Gasteiger partial charge in [-0.3, -0.25) is 9.69 Å². The molecule has 4 heteroatoms. The Bertz CT molecular complexity index is 218. The van der Waals surface area contributed by atoms with E-state index in [4.69, 9.17) is 17.3 Å². The molecular formula is C9H15ClN2O. The van der Waals surface area contributed by atoms with Gasteiger partial charge in [-0.2, -0.15) is 0 Å². The van der Waals surface area contributed by atoms with Gasteiger partial charge < -0.3 is 5.73 Å². The summed E-state index contributed by atoms with van der Waals surface area (Å²) < 4.78 is 0. The molecule has 74 valence electrons. The molecule has 0 saturated carbocycles. The van der Waals surface area contributed by atoms with Gasteiger partial charge in [-0.25, -0.2) is 0 Å². The zero-order valence-corrected chi connectivity index (χ0v) is 8.39. The largest absolute Gasteiger partial charge is 0.369 e. The molecule has 0 aromatic heterocycles. The molecule has 1 saturated heterocycles. The fourth-order valence-corrected chi connectivity index (χ4v) is 1.84. The van der Waals surface area contributed by atoms with Crippen molar-refractivity contribution in [3.8, 4) is 0 Å². The second kappa shape index (κ2) is 4.63. The summed E-state index contributed by atoms with van der Waals surface area (Å²) >= 11 is 5.69. The minimum Gasteiger partial charge on any atom is -0.369 e. The molecule has 3 nitrogen and oxygen atoms in total. The first-order valence-electron chi connectivity index (χ1n) is 4.44. The van der Waals surface area contributed by atoms with Gasteiger partial charge in [0, 0.05) is 18.1 Å². The van der Waals surface area contributed by atoms with Gasteiger partial charge in [0.05, 0.1) is 5.92 Å². The summed E-state index contributed by atoms with van der Waals surface area (Å²) in [6, 6.07) is 0. The topological polar surface area (TPSA) is 46.3 Å². The fourth-order valence-electron chi connectivity index (χ4n) is 1.67. The summed E-state index contributed by atoms with van der Waals surface area (Å²) in [5, 5.41) is 0.616. The first-order chi connectivity index (χ1) is 6.09. The number of hydrogen-bond acceptors (Lipinski definition) is 2. The number of piperidine rings is 1. The van der Waals surface area contributed by atoms with Crippen molar-refractivity contribution in [3.63, 3.8) is 0 Å². The van der Waals surface area contributed by atoms with Gasteiger partial charge in [0.2, 0.25) is 5.91 Å². The Morgan fingerprint density at radius 1 is 1.69 bits per heavy atom. The summed E-state index contributed by atoms with van der Waals surface area (Å²) in [6.45, 7) is 5.99. The Balaban J connectivity index is 2.41. The van der Waals surface area contributed by atoms with Crippen molar-refractivity contribution < 1.29 is 4.79 Å². The van der Waals surface area contributed by atoms with Crippen molar-refractivity contribution in [3.05, 3.63) is 11.6 Å². The van der Waals surface area contributed by atoms with Crippen LogP contribution in [-0.4, -0.2) is 30.4 Å². The maximum atomic E-state index is 10.9. The van der Waals surface area contributed by atoms with Gasteiger partial charge in [0.1, 0.15) is 0 Å². The third kappa shape index (κ3) is 3.36. The van der Waals surface area contributed by atoms with Gasteiger partial charge in [-0.15, -0.1) is 0 Å². The molecule has 0 aromatic carbocycles. The maximum Gasteiger partial charge on any atom is 0.221 e. The predicted molar refractivity (Wildman–Crippen MR) is 53.4 cm³/mol. The van der Waals surface area contributed by atoms with Crippen molar-refractivity contribution in [1.29, 1.82) is 0 Å². The molecule has 1 rings (SSSR count). The van der Waals surface area contributed by atoms with Crippen LogP contribution in [0.25, 0.3) is 0 Å². The van der Waals surface area contributed by atoms with Gasteiger partial charge in [0.25, 0.3) is 0 Å². The number of carbonyl (C=O) groups excluding carboxylic acids is 1. The summed E-state index contributed by atoms with van der Waals surface area (Å²) in [7, 11) is 0. The van der Waals surface area contributed by atoms with Crippen molar-refractivity contribution in [2.24, 2.45) is 11.7 Å². The molecule has 1 aliphatic rings. The van der Waals surface area contributed by atoms with Crippen molar-refractivity contribution in [2.75, 3.05) is 19.6 Å². The van der Waals surface area contributed by atoms with E-state index in [0.717, 1.165) is 25.9 Å². The van der Waals surface area contributed by atoms with Crippen LogP contribution < -0.4 is 5.73 Å². The molecular weight excluding hydrogens is 188 g/mol. The van der Waals surface area contributed by atoms with E-state index in [1.807, 2.05) is 0 Å². The summed E-state index contributed by atoms with van der Waals surface area (Å²) in [4.78, 5) is 13.0. The molecule has 2 N–H and O–H groups in total. The van der Waals surface area contributed by atoms with E-state index in [0.29, 0.717) is 11.6 Å². The summed E-state index contributed by atoms with van der Waals surface area (Å²) in [6.07, 6.45) is 1.92. The molecule has 0 aromatic rings. The van der Waals surface area contributed by atoms with E-state index < -0.39 is 0 Å². The SMILES string of the molecule is C=C(Cl)CN1CCCC(C(N)=O)C1. The fraction of sp³-hybridized carbons (Fsp3) is 0.667. The lowest BCUT2D eigenvalue weighted by atomic mass is 9.97. The number of likely N-dealkylation sites (tertiary alicyclic amines) is 1. The molecule has 1 unspecified atom stereocenters. The first-order valence-corrected chi connectivity index (χ1v) is 4.82. The summed E-state index contributed by atoms with van der Waals surface area (Å²) in [5.41, 5.74) is 5.24. The lowest BCUT2D eigenvalue weighted by Gasteiger charge is -2.30. The van der Waals surface area contributed by atoms with Crippen LogP contribution in [0.4, 0.5) is 0 Å². The standard InChI is InChI=1S/C9H15ClN2O/c1-7(10)5-12-4-2-3-8(6-12)9(11)13/h8H,1-6H2,(H2,11,13). The average molecular weight is 203 g/mol. The lowest BCUT2D eigenvalue weighted by molar-refractivity contribution is -0.123. The van der Waals surface area contributed by atoms with Crippen molar-refractivity contribution in [2.45, 2.75) is 12.8 Å².